The second-order valence-electron chi connectivity index (χ2n) is 6.01. The van der Waals surface area contributed by atoms with Gasteiger partial charge in [-0.1, -0.05) is 30.3 Å². The standard InChI is InChI=1S/C19H22N2O3/c22-18(21-13-17-6-3-11-24-17)9-10-20-19(23)16-8-7-14-4-1-2-5-15(14)12-16/h1-2,4-5,7-8,12,17H,3,6,9-11,13H2,(H,20,23)(H,21,22)/t17-/m0/s1. The number of ether oxygens (including phenoxy) is 1. The van der Waals surface area contributed by atoms with Crippen molar-refractivity contribution in [2.75, 3.05) is 19.7 Å². The summed E-state index contributed by atoms with van der Waals surface area (Å²) in [4.78, 5) is 23.9. The van der Waals surface area contributed by atoms with Crippen molar-refractivity contribution in [3.8, 4) is 0 Å². The summed E-state index contributed by atoms with van der Waals surface area (Å²) in [5, 5.41) is 7.77. The number of nitrogens with one attached hydrogen (secondary N) is 2. The summed E-state index contributed by atoms with van der Waals surface area (Å²) in [5.41, 5.74) is 0.605. The molecule has 1 atom stereocenters. The van der Waals surface area contributed by atoms with Crippen LogP contribution >= 0.6 is 0 Å². The Balaban J connectivity index is 1.43. The highest BCUT2D eigenvalue weighted by atomic mass is 16.5. The average molecular weight is 326 g/mol. The van der Waals surface area contributed by atoms with E-state index < -0.39 is 0 Å². The third kappa shape index (κ3) is 4.32. The summed E-state index contributed by atoms with van der Waals surface area (Å²) in [6.07, 6.45) is 2.47. The average Bonchev–Trinajstić information content (AvgIpc) is 3.13. The Morgan fingerprint density at radius 2 is 1.92 bits per heavy atom. The predicted molar refractivity (Wildman–Crippen MR) is 92.9 cm³/mol. The van der Waals surface area contributed by atoms with Gasteiger partial charge in [-0.3, -0.25) is 9.59 Å². The zero-order valence-electron chi connectivity index (χ0n) is 13.6. The lowest BCUT2D eigenvalue weighted by molar-refractivity contribution is -0.121. The van der Waals surface area contributed by atoms with Gasteiger partial charge in [-0.25, -0.2) is 0 Å². The van der Waals surface area contributed by atoms with Crippen LogP contribution in [0, 0.1) is 0 Å². The van der Waals surface area contributed by atoms with Crippen molar-refractivity contribution in [2.45, 2.75) is 25.4 Å². The fourth-order valence-electron chi connectivity index (χ4n) is 2.84. The van der Waals surface area contributed by atoms with Crippen LogP contribution in [-0.2, 0) is 9.53 Å². The molecule has 5 nitrogen and oxygen atoms in total. The van der Waals surface area contributed by atoms with Crippen LogP contribution in [0.2, 0.25) is 0 Å². The lowest BCUT2D eigenvalue weighted by Gasteiger charge is -2.11. The minimum absolute atomic E-state index is 0.0655. The van der Waals surface area contributed by atoms with Gasteiger partial charge in [0.1, 0.15) is 0 Å². The molecule has 0 bridgehead atoms. The smallest absolute Gasteiger partial charge is 0.251 e. The van der Waals surface area contributed by atoms with Crippen LogP contribution in [0.4, 0.5) is 0 Å². The van der Waals surface area contributed by atoms with Crippen molar-refractivity contribution in [3.05, 3.63) is 48.0 Å². The van der Waals surface area contributed by atoms with E-state index in [2.05, 4.69) is 10.6 Å². The second kappa shape index (κ2) is 7.93. The number of amides is 2. The summed E-state index contributed by atoms with van der Waals surface area (Å²) in [6, 6.07) is 13.5. The first-order valence-electron chi connectivity index (χ1n) is 8.38. The summed E-state index contributed by atoms with van der Waals surface area (Å²) in [6.45, 7) is 1.66. The molecular formula is C19H22N2O3. The molecule has 2 N–H and O–H groups in total. The van der Waals surface area contributed by atoms with Crippen molar-refractivity contribution in [2.24, 2.45) is 0 Å². The Hall–Kier alpha value is -2.40. The summed E-state index contributed by atoms with van der Waals surface area (Å²) in [7, 11) is 0. The molecule has 24 heavy (non-hydrogen) atoms. The number of carbonyl (C=O) groups excluding carboxylic acids is 2. The quantitative estimate of drug-likeness (QED) is 0.855. The largest absolute Gasteiger partial charge is 0.376 e. The first kappa shape index (κ1) is 16.5. The Bertz CT molecular complexity index is 723. The van der Waals surface area contributed by atoms with Gasteiger partial charge in [0.2, 0.25) is 5.91 Å². The molecule has 1 fully saturated rings. The van der Waals surface area contributed by atoms with E-state index in [1.165, 1.54) is 0 Å². The normalized spacial score (nSPS) is 16.9. The molecule has 3 rings (SSSR count). The maximum absolute atomic E-state index is 12.2. The number of carbonyl (C=O) groups is 2. The number of benzene rings is 2. The van der Waals surface area contributed by atoms with Crippen molar-refractivity contribution in [1.82, 2.24) is 10.6 Å². The fourth-order valence-corrected chi connectivity index (χ4v) is 2.84. The van der Waals surface area contributed by atoms with Gasteiger partial charge in [-0.15, -0.1) is 0 Å². The highest BCUT2D eigenvalue weighted by Crippen LogP contribution is 2.15. The molecule has 1 aliphatic rings. The molecule has 126 valence electrons. The SMILES string of the molecule is O=C(CCNC(=O)c1ccc2ccccc2c1)NC[C@@H]1CCCO1. The first-order chi connectivity index (χ1) is 11.7. The Morgan fingerprint density at radius 3 is 2.71 bits per heavy atom. The van der Waals surface area contributed by atoms with Crippen LogP contribution < -0.4 is 10.6 Å². The molecule has 0 aliphatic carbocycles. The highest BCUT2D eigenvalue weighted by molar-refractivity contribution is 5.98. The predicted octanol–water partition coefficient (Wildman–Crippen LogP) is 2.25. The van der Waals surface area contributed by atoms with E-state index in [4.69, 9.17) is 4.74 Å². The number of hydrogen-bond acceptors (Lipinski definition) is 3. The third-order valence-corrected chi connectivity index (χ3v) is 4.20. The van der Waals surface area contributed by atoms with Gasteiger partial charge in [0.15, 0.2) is 0 Å². The molecule has 2 aromatic carbocycles. The molecule has 0 saturated carbocycles. The summed E-state index contributed by atoms with van der Waals surface area (Å²) < 4.78 is 5.45. The topological polar surface area (TPSA) is 67.4 Å². The Morgan fingerprint density at radius 1 is 1.08 bits per heavy atom. The minimum Gasteiger partial charge on any atom is -0.376 e. The second-order valence-corrected chi connectivity index (χ2v) is 6.01. The molecule has 0 radical (unpaired) electrons. The molecule has 1 saturated heterocycles. The first-order valence-corrected chi connectivity index (χ1v) is 8.38. The van der Waals surface area contributed by atoms with E-state index in [9.17, 15) is 9.59 Å². The van der Waals surface area contributed by atoms with Crippen LogP contribution in [0.25, 0.3) is 10.8 Å². The van der Waals surface area contributed by atoms with Crippen molar-refractivity contribution in [1.29, 1.82) is 0 Å². The summed E-state index contributed by atoms with van der Waals surface area (Å²) in [5.74, 6) is -0.225. The molecule has 5 heteroatoms. The highest BCUT2D eigenvalue weighted by Gasteiger charge is 2.16. The molecular weight excluding hydrogens is 304 g/mol. The van der Waals surface area contributed by atoms with Gasteiger partial charge in [-0.05, 0) is 35.7 Å². The van der Waals surface area contributed by atoms with E-state index >= 15 is 0 Å². The Kier molecular flexibility index (Phi) is 5.43. The van der Waals surface area contributed by atoms with E-state index in [0.717, 1.165) is 30.2 Å². The molecule has 2 amide bonds. The molecule has 1 aliphatic heterocycles. The molecule has 0 unspecified atom stereocenters. The maximum atomic E-state index is 12.2. The van der Waals surface area contributed by atoms with Gasteiger partial charge >= 0.3 is 0 Å². The molecule has 0 spiro atoms. The Labute approximate surface area is 141 Å². The van der Waals surface area contributed by atoms with E-state index in [1.807, 2.05) is 36.4 Å². The zero-order chi connectivity index (χ0) is 16.8. The van der Waals surface area contributed by atoms with Crippen LogP contribution in [0.15, 0.2) is 42.5 Å². The van der Waals surface area contributed by atoms with Crippen molar-refractivity contribution in [3.63, 3.8) is 0 Å². The van der Waals surface area contributed by atoms with Crippen LogP contribution in [0.5, 0.6) is 0 Å². The van der Waals surface area contributed by atoms with Crippen LogP contribution in [0.3, 0.4) is 0 Å². The van der Waals surface area contributed by atoms with Crippen LogP contribution in [0.1, 0.15) is 29.6 Å². The van der Waals surface area contributed by atoms with Gasteiger partial charge in [0.05, 0.1) is 6.10 Å². The molecule has 2 aromatic rings. The number of rotatable bonds is 6. The zero-order valence-corrected chi connectivity index (χ0v) is 13.6. The monoisotopic (exact) mass is 326 g/mol. The number of hydrogen-bond donors (Lipinski definition) is 2. The molecule has 0 aromatic heterocycles. The van der Waals surface area contributed by atoms with Crippen molar-refractivity contribution >= 4 is 22.6 Å². The lowest BCUT2D eigenvalue weighted by Crippen LogP contribution is -2.34. The van der Waals surface area contributed by atoms with E-state index in [1.54, 1.807) is 6.07 Å². The van der Waals surface area contributed by atoms with E-state index in [-0.39, 0.29) is 24.3 Å². The van der Waals surface area contributed by atoms with Gasteiger partial charge in [0, 0.05) is 31.7 Å². The minimum atomic E-state index is -0.160. The fraction of sp³-hybridized carbons (Fsp3) is 0.368. The maximum Gasteiger partial charge on any atom is 0.251 e. The van der Waals surface area contributed by atoms with Gasteiger partial charge in [0.25, 0.3) is 5.91 Å². The summed E-state index contributed by atoms with van der Waals surface area (Å²) >= 11 is 0. The lowest BCUT2D eigenvalue weighted by atomic mass is 10.1. The van der Waals surface area contributed by atoms with Crippen molar-refractivity contribution < 1.29 is 14.3 Å². The van der Waals surface area contributed by atoms with Gasteiger partial charge < -0.3 is 15.4 Å². The molecule has 1 heterocycles. The van der Waals surface area contributed by atoms with Crippen LogP contribution in [-0.4, -0.2) is 37.6 Å². The van der Waals surface area contributed by atoms with E-state index in [0.29, 0.717) is 18.7 Å². The number of fused-ring (bicyclic) bond motifs is 1. The van der Waals surface area contributed by atoms with Gasteiger partial charge in [-0.2, -0.15) is 0 Å². The third-order valence-electron chi connectivity index (χ3n) is 4.20.